The maximum Gasteiger partial charge on any atom is 0.324 e. The SMILES string of the molecule is Cc1cc(Nc2cc(-c3ccccc3)nc(Oc3ccc(N)cc3)n2)n[nH]1. The van der Waals surface area contributed by atoms with Crippen molar-refractivity contribution >= 4 is 17.3 Å². The Morgan fingerprint density at radius 1 is 0.926 bits per heavy atom. The molecule has 0 spiro atoms. The second-order valence-electron chi connectivity index (χ2n) is 6.02. The third kappa shape index (κ3) is 4.04. The van der Waals surface area contributed by atoms with Gasteiger partial charge in [-0.15, -0.1) is 0 Å². The molecule has 0 fully saturated rings. The lowest BCUT2D eigenvalue weighted by atomic mass is 10.1. The molecule has 0 unspecified atom stereocenters. The van der Waals surface area contributed by atoms with E-state index >= 15 is 0 Å². The number of aryl methyl sites for hydroxylation is 1. The van der Waals surface area contributed by atoms with Gasteiger partial charge >= 0.3 is 6.01 Å². The minimum absolute atomic E-state index is 0.232. The van der Waals surface area contributed by atoms with Gasteiger partial charge in [-0.3, -0.25) is 5.10 Å². The minimum atomic E-state index is 0.232. The van der Waals surface area contributed by atoms with E-state index in [-0.39, 0.29) is 6.01 Å². The third-order valence-electron chi connectivity index (χ3n) is 3.83. The molecule has 0 saturated heterocycles. The van der Waals surface area contributed by atoms with Crippen LogP contribution in [0.3, 0.4) is 0 Å². The topological polar surface area (TPSA) is 102 Å². The van der Waals surface area contributed by atoms with E-state index in [2.05, 4.69) is 25.5 Å². The van der Waals surface area contributed by atoms with Gasteiger partial charge in [0.05, 0.1) is 5.69 Å². The second kappa shape index (κ2) is 7.17. The van der Waals surface area contributed by atoms with E-state index in [9.17, 15) is 0 Å². The first kappa shape index (κ1) is 16.6. The molecule has 0 radical (unpaired) electrons. The number of ether oxygens (including phenoxy) is 1. The van der Waals surface area contributed by atoms with Crippen molar-refractivity contribution in [2.45, 2.75) is 6.92 Å². The molecule has 2 aromatic carbocycles. The Morgan fingerprint density at radius 3 is 2.41 bits per heavy atom. The quantitative estimate of drug-likeness (QED) is 0.460. The standard InChI is InChI=1S/C20H18N6O/c1-13-11-19(26-25-13)23-18-12-17(14-5-3-2-4-6-14)22-20(24-18)27-16-9-7-15(21)8-10-16/h2-12H,21H2,1H3,(H2,22,23,24,25,26). The van der Waals surface area contributed by atoms with Gasteiger partial charge in [0.2, 0.25) is 0 Å². The molecule has 2 aromatic heterocycles. The average molecular weight is 358 g/mol. The van der Waals surface area contributed by atoms with E-state index in [1.807, 2.05) is 49.4 Å². The summed E-state index contributed by atoms with van der Waals surface area (Å²) in [6.45, 7) is 1.93. The number of nitrogens with two attached hydrogens (primary N) is 1. The largest absolute Gasteiger partial charge is 0.424 e. The first-order chi connectivity index (χ1) is 13.2. The van der Waals surface area contributed by atoms with Crippen LogP contribution in [0.15, 0.2) is 66.7 Å². The number of anilines is 3. The zero-order valence-electron chi connectivity index (χ0n) is 14.7. The fraction of sp³-hybridized carbons (Fsp3) is 0.0500. The molecule has 134 valence electrons. The van der Waals surface area contributed by atoms with Gasteiger partial charge in [0.15, 0.2) is 5.82 Å². The molecule has 4 rings (SSSR count). The second-order valence-corrected chi connectivity index (χ2v) is 6.02. The van der Waals surface area contributed by atoms with Crippen molar-refractivity contribution in [1.82, 2.24) is 20.2 Å². The first-order valence-corrected chi connectivity index (χ1v) is 8.43. The summed E-state index contributed by atoms with van der Waals surface area (Å²) in [6, 6.07) is 20.9. The summed E-state index contributed by atoms with van der Waals surface area (Å²) in [5, 5.41) is 10.3. The molecule has 7 nitrogen and oxygen atoms in total. The van der Waals surface area contributed by atoms with Crippen LogP contribution in [0.1, 0.15) is 5.69 Å². The van der Waals surface area contributed by atoms with Gasteiger partial charge < -0.3 is 15.8 Å². The van der Waals surface area contributed by atoms with Gasteiger partial charge in [0.25, 0.3) is 0 Å². The smallest absolute Gasteiger partial charge is 0.324 e. The van der Waals surface area contributed by atoms with Crippen molar-refractivity contribution in [1.29, 1.82) is 0 Å². The lowest BCUT2D eigenvalue weighted by molar-refractivity contribution is 0.443. The third-order valence-corrected chi connectivity index (χ3v) is 3.83. The molecule has 2 heterocycles. The van der Waals surface area contributed by atoms with Crippen LogP contribution in [0.25, 0.3) is 11.3 Å². The molecular weight excluding hydrogens is 340 g/mol. The van der Waals surface area contributed by atoms with Crippen LogP contribution in [0.5, 0.6) is 11.8 Å². The van der Waals surface area contributed by atoms with Crippen molar-refractivity contribution in [2.24, 2.45) is 0 Å². The van der Waals surface area contributed by atoms with E-state index < -0.39 is 0 Å². The Morgan fingerprint density at radius 2 is 1.70 bits per heavy atom. The Kier molecular flexibility index (Phi) is 4.40. The minimum Gasteiger partial charge on any atom is -0.424 e. The number of hydrogen-bond acceptors (Lipinski definition) is 6. The van der Waals surface area contributed by atoms with Crippen molar-refractivity contribution in [3.63, 3.8) is 0 Å². The highest BCUT2D eigenvalue weighted by atomic mass is 16.5. The number of rotatable bonds is 5. The Hall–Kier alpha value is -3.87. The number of benzene rings is 2. The van der Waals surface area contributed by atoms with E-state index in [0.29, 0.717) is 23.1 Å². The van der Waals surface area contributed by atoms with E-state index in [4.69, 9.17) is 10.5 Å². The van der Waals surface area contributed by atoms with Gasteiger partial charge in [0.1, 0.15) is 11.6 Å². The van der Waals surface area contributed by atoms with Gasteiger partial charge in [-0.05, 0) is 31.2 Å². The number of H-pyrrole nitrogens is 1. The zero-order chi connectivity index (χ0) is 18.6. The molecule has 0 atom stereocenters. The highest BCUT2D eigenvalue weighted by molar-refractivity contribution is 5.65. The molecule has 0 amide bonds. The van der Waals surface area contributed by atoms with Crippen molar-refractivity contribution < 1.29 is 4.74 Å². The molecule has 0 saturated carbocycles. The van der Waals surface area contributed by atoms with Gasteiger partial charge in [-0.2, -0.15) is 15.1 Å². The molecule has 4 aromatic rings. The lowest BCUT2D eigenvalue weighted by Gasteiger charge is -2.10. The number of nitrogens with zero attached hydrogens (tertiary/aromatic N) is 3. The molecule has 0 bridgehead atoms. The summed E-state index contributed by atoms with van der Waals surface area (Å²) < 4.78 is 5.83. The molecule has 27 heavy (non-hydrogen) atoms. The summed E-state index contributed by atoms with van der Waals surface area (Å²) in [5.41, 5.74) is 9.04. The van der Waals surface area contributed by atoms with E-state index in [0.717, 1.165) is 17.0 Å². The zero-order valence-corrected chi connectivity index (χ0v) is 14.7. The molecule has 4 N–H and O–H groups in total. The number of nitrogen functional groups attached to an aromatic ring is 1. The van der Waals surface area contributed by atoms with Crippen LogP contribution in [0.2, 0.25) is 0 Å². The Balaban J connectivity index is 1.70. The van der Waals surface area contributed by atoms with Gasteiger partial charge in [-0.25, -0.2) is 0 Å². The molecule has 0 aliphatic carbocycles. The van der Waals surface area contributed by atoms with Gasteiger partial charge in [0, 0.05) is 29.1 Å². The summed E-state index contributed by atoms with van der Waals surface area (Å²) >= 11 is 0. The molecule has 0 aliphatic heterocycles. The highest BCUT2D eigenvalue weighted by Crippen LogP contribution is 2.26. The number of nitrogens with one attached hydrogen (secondary N) is 2. The summed E-state index contributed by atoms with van der Waals surface area (Å²) in [5.74, 6) is 1.86. The fourth-order valence-corrected chi connectivity index (χ4v) is 2.55. The normalized spacial score (nSPS) is 10.6. The molecule has 7 heteroatoms. The van der Waals surface area contributed by atoms with Crippen molar-refractivity contribution in [3.8, 4) is 23.0 Å². The highest BCUT2D eigenvalue weighted by Gasteiger charge is 2.10. The fourth-order valence-electron chi connectivity index (χ4n) is 2.55. The van der Waals surface area contributed by atoms with Crippen molar-refractivity contribution in [2.75, 3.05) is 11.1 Å². The molecular formula is C20H18N6O. The monoisotopic (exact) mass is 358 g/mol. The van der Waals surface area contributed by atoms with Crippen LogP contribution in [0.4, 0.5) is 17.3 Å². The summed E-state index contributed by atoms with van der Waals surface area (Å²) in [7, 11) is 0. The van der Waals surface area contributed by atoms with E-state index in [1.165, 1.54) is 0 Å². The first-order valence-electron chi connectivity index (χ1n) is 8.43. The lowest BCUT2D eigenvalue weighted by Crippen LogP contribution is -2.00. The van der Waals surface area contributed by atoms with Crippen molar-refractivity contribution in [3.05, 3.63) is 72.4 Å². The van der Waals surface area contributed by atoms with Crippen LogP contribution >= 0.6 is 0 Å². The average Bonchev–Trinajstić information content (AvgIpc) is 3.09. The number of aromatic amines is 1. The van der Waals surface area contributed by atoms with Crippen LogP contribution in [0, 0.1) is 6.92 Å². The Labute approximate surface area is 156 Å². The molecule has 0 aliphatic rings. The van der Waals surface area contributed by atoms with Crippen LogP contribution in [-0.4, -0.2) is 20.2 Å². The maximum absolute atomic E-state index is 5.83. The van der Waals surface area contributed by atoms with Gasteiger partial charge in [-0.1, -0.05) is 30.3 Å². The van der Waals surface area contributed by atoms with Crippen LogP contribution in [-0.2, 0) is 0 Å². The number of aromatic nitrogens is 4. The van der Waals surface area contributed by atoms with Crippen LogP contribution < -0.4 is 15.8 Å². The predicted molar refractivity (Wildman–Crippen MR) is 105 cm³/mol. The Bertz CT molecular complexity index is 1040. The number of hydrogen-bond donors (Lipinski definition) is 3. The summed E-state index contributed by atoms with van der Waals surface area (Å²) in [6.07, 6.45) is 0. The predicted octanol–water partition coefficient (Wildman–Crippen LogP) is 4.29. The summed E-state index contributed by atoms with van der Waals surface area (Å²) in [4.78, 5) is 8.99. The maximum atomic E-state index is 5.83. The van der Waals surface area contributed by atoms with E-state index in [1.54, 1.807) is 24.3 Å².